The van der Waals surface area contributed by atoms with Crippen LogP contribution >= 0.6 is 0 Å². The van der Waals surface area contributed by atoms with Gasteiger partial charge in [-0.1, -0.05) is 6.92 Å². The summed E-state index contributed by atoms with van der Waals surface area (Å²) >= 11 is 0. The highest BCUT2D eigenvalue weighted by atomic mass is 32.2. The standard InChI is InChI=1S/C26H35N7O4S/c1-5-20-18-33-21(17-28-23(24(33)29-20)31-12-14-38(35,36)15-13-31)19-6-7-22(27-16-19)30-8-10-32(11-9-30)25(34)37-26(2,3)4/h6-7,16-18H,5,8-15H2,1-4H3. The highest BCUT2D eigenvalue weighted by Gasteiger charge is 2.27. The number of nitrogens with zero attached hydrogens (tertiary/aromatic N) is 7. The van der Waals surface area contributed by atoms with Gasteiger partial charge in [-0.3, -0.25) is 4.40 Å². The first kappa shape index (κ1) is 26.2. The second-order valence-electron chi connectivity index (χ2n) is 10.7. The highest BCUT2D eigenvalue weighted by Crippen LogP contribution is 2.28. The first-order valence-corrected chi connectivity index (χ1v) is 14.9. The smallest absolute Gasteiger partial charge is 0.410 e. The molecule has 5 heterocycles. The fourth-order valence-corrected chi connectivity index (χ4v) is 5.91. The molecule has 0 aliphatic carbocycles. The fraction of sp³-hybridized carbons (Fsp3) is 0.538. The molecule has 2 aliphatic heterocycles. The summed E-state index contributed by atoms with van der Waals surface area (Å²) in [6, 6.07) is 4.02. The van der Waals surface area contributed by atoms with Crippen LogP contribution in [-0.2, 0) is 21.0 Å². The van der Waals surface area contributed by atoms with Crippen LogP contribution in [0.15, 0.2) is 30.7 Å². The largest absolute Gasteiger partial charge is 0.444 e. The predicted octanol–water partition coefficient (Wildman–Crippen LogP) is 2.65. The molecule has 3 aromatic heterocycles. The van der Waals surface area contributed by atoms with Crippen LogP contribution < -0.4 is 9.80 Å². The normalized spacial score (nSPS) is 18.2. The van der Waals surface area contributed by atoms with E-state index in [2.05, 4.69) is 11.8 Å². The van der Waals surface area contributed by atoms with Crippen LogP contribution in [-0.4, -0.2) is 95.1 Å². The fourth-order valence-electron chi connectivity index (χ4n) is 4.71. The molecule has 0 atom stereocenters. The van der Waals surface area contributed by atoms with Crippen LogP contribution in [0.3, 0.4) is 0 Å². The summed E-state index contributed by atoms with van der Waals surface area (Å²) in [5, 5.41) is 0. The number of rotatable bonds is 4. The van der Waals surface area contributed by atoms with E-state index in [1.54, 1.807) is 4.90 Å². The molecule has 204 valence electrons. The van der Waals surface area contributed by atoms with Crippen LogP contribution in [0.4, 0.5) is 16.4 Å². The summed E-state index contributed by atoms with van der Waals surface area (Å²) in [5.41, 5.74) is 2.94. The van der Waals surface area contributed by atoms with Gasteiger partial charge in [0.2, 0.25) is 0 Å². The van der Waals surface area contributed by atoms with Crippen LogP contribution in [0.5, 0.6) is 0 Å². The van der Waals surface area contributed by atoms with Gasteiger partial charge in [0.1, 0.15) is 11.4 Å². The van der Waals surface area contributed by atoms with E-state index in [0.29, 0.717) is 45.1 Å². The van der Waals surface area contributed by atoms with Gasteiger partial charge in [0.15, 0.2) is 21.3 Å². The number of fused-ring (bicyclic) bond motifs is 1. The molecule has 0 aromatic carbocycles. The monoisotopic (exact) mass is 541 g/mol. The molecule has 0 spiro atoms. The number of amides is 1. The van der Waals surface area contributed by atoms with E-state index >= 15 is 0 Å². The van der Waals surface area contributed by atoms with Crippen molar-refractivity contribution in [3.8, 4) is 11.3 Å². The molecule has 0 N–H and O–H groups in total. The number of imidazole rings is 1. The van der Waals surface area contributed by atoms with E-state index in [0.717, 1.165) is 34.8 Å². The van der Waals surface area contributed by atoms with Crippen molar-refractivity contribution in [1.29, 1.82) is 0 Å². The Bertz CT molecular complexity index is 1410. The molecule has 0 bridgehead atoms. The van der Waals surface area contributed by atoms with Gasteiger partial charge in [0.25, 0.3) is 0 Å². The Kier molecular flexibility index (Phi) is 6.93. The molecule has 0 unspecified atom stereocenters. The first-order valence-electron chi connectivity index (χ1n) is 13.0. The van der Waals surface area contributed by atoms with E-state index < -0.39 is 15.4 Å². The molecular formula is C26H35N7O4S. The Morgan fingerprint density at radius 3 is 2.29 bits per heavy atom. The second kappa shape index (κ2) is 10.0. The van der Waals surface area contributed by atoms with Crippen molar-refractivity contribution in [3.63, 3.8) is 0 Å². The molecule has 2 fully saturated rings. The van der Waals surface area contributed by atoms with Gasteiger partial charge >= 0.3 is 6.09 Å². The van der Waals surface area contributed by atoms with Crippen molar-refractivity contribution in [1.82, 2.24) is 24.3 Å². The maximum absolute atomic E-state index is 12.4. The number of hydrogen-bond donors (Lipinski definition) is 0. The van der Waals surface area contributed by atoms with E-state index in [-0.39, 0.29) is 17.6 Å². The summed E-state index contributed by atoms with van der Waals surface area (Å²) in [6.45, 7) is 11.0. The number of sulfone groups is 1. The van der Waals surface area contributed by atoms with E-state index in [1.165, 1.54) is 0 Å². The average Bonchev–Trinajstić information content (AvgIpc) is 3.32. The first-order chi connectivity index (χ1) is 18.0. The lowest BCUT2D eigenvalue weighted by molar-refractivity contribution is 0.0240. The molecule has 3 aromatic rings. The number of anilines is 2. The molecular weight excluding hydrogens is 506 g/mol. The van der Waals surface area contributed by atoms with Crippen molar-refractivity contribution in [2.45, 2.75) is 39.7 Å². The summed E-state index contributed by atoms with van der Waals surface area (Å²) < 4.78 is 31.4. The lowest BCUT2D eigenvalue weighted by Crippen LogP contribution is -2.50. The number of pyridine rings is 1. The quantitative estimate of drug-likeness (QED) is 0.492. The molecule has 2 saturated heterocycles. The average molecular weight is 542 g/mol. The second-order valence-corrected chi connectivity index (χ2v) is 13.0. The van der Waals surface area contributed by atoms with Gasteiger partial charge < -0.3 is 19.4 Å². The maximum atomic E-state index is 12.4. The topological polar surface area (TPSA) is 113 Å². The Labute approximate surface area is 223 Å². The van der Waals surface area contributed by atoms with Crippen molar-refractivity contribution < 1.29 is 17.9 Å². The molecule has 12 heteroatoms. The van der Waals surface area contributed by atoms with Gasteiger partial charge in [-0.25, -0.2) is 28.2 Å². The Balaban J connectivity index is 1.34. The minimum atomic E-state index is -2.99. The van der Waals surface area contributed by atoms with E-state index in [1.807, 2.05) is 60.8 Å². The zero-order chi connectivity index (χ0) is 27.1. The van der Waals surface area contributed by atoms with Crippen LogP contribution in [0.2, 0.25) is 0 Å². The van der Waals surface area contributed by atoms with Gasteiger partial charge in [-0.15, -0.1) is 0 Å². The van der Waals surface area contributed by atoms with E-state index in [9.17, 15) is 13.2 Å². The van der Waals surface area contributed by atoms with E-state index in [4.69, 9.17) is 19.7 Å². The maximum Gasteiger partial charge on any atom is 0.410 e. The number of ether oxygens (including phenoxy) is 1. The Morgan fingerprint density at radius 1 is 0.974 bits per heavy atom. The number of carbonyl (C=O) groups excluding carboxylic acids is 1. The number of piperazine rings is 1. The van der Waals surface area contributed by atoms with Gasteiger partial charge in [0.05, 0.1) is 29.1 Å². The minimum absolute atomic E-state index is 0.126. The Hall–Kier alpha value is -3.41. The van der Waals surface area contributed by atoms with Crippen molar-refractivity contribution >= 4 is 33.2 Å². The third-order valence-electron chi connectivity index (χ3n) is 6.83. The summed E-state index contributed by atoms with van der Waals surface area (Å²) in [7, 11) is -2.99. The van der Waals surface area contributed by atoms with Gasteiger partial charge in [-0.05, 0) is 39.3 Å². The third-order valence-corrected chi connectivity index (χ3v) is 8.44. The van der Waals surface area contributed by atoms with Crippen molar-refractivity contribution in [3.05, 3.63) is 36.4 Å². The zero-order valence-electron chi connectivity index (χ0n) is 22.4. The molecule has 1 amide bonds. The molecule has 0 radical (unpaired) electrons. The lowest BCUT2D eigenvalue weighted by Gasteiger charge is -2.36. The number of carbonyl (C=O) groups is 1. The van der Waals surface area contributed by atoms with Crippen molar-refractivity contribution in [2.24, 2.45) is 0 Å². The molecule has 0 saturated carbocycles. The third kappa shape index (κ3) is 5.54. The summed E-state index contributed by atoms with van der Waals surface area (Å²) in [4.78, 5) is 32.5. The number of hydrogen-bond acceptors (Lipinski definition) is 9. The molecule has 5 rings (SSSR count). The number of aromatic nitrogens is 4. The minimum Gasteiger partial charge on any atom is -0.444 e. The molecule has 11 nitrogen and oxygen atoms in total. The molecule has 38 heavy (non-hydrogen) atoms. The van der Waals surface area contributed by atoms with Crippen LogP contribution in [0.25, 0.3) is 16.9 Å². The van der Waals surface area contributed by atoms with Crippen molar-refractivity contribution in [2.75, 3.05) is 60.6 Å². The van der Waals surface area contributed by atoms with Crippen LogP contribution in [0, 0.1) is 0 Å². The molecule has 2 aliphatic rings. The summed E-state index contributed by atoms with van der Waals surface area (Å²) in [5.74, 6) is 1.81. The van der Waals surface area contributed by atoms with Gasteiger partial charge in [0, 0.05) is 57.2 Å². The SMILES string of the molecule is CCc1cn2c(-c3ccc(N4CCN(C(=O)OC(C)(C)C)CC4)nc3)cnc(N3CCS(=O)(=O)CC3)c2n1. The van der Waals surface area contributed by atoms with Gasteiger partial charge in [-0.2, -0.15) is 0 Å². The predicted molar refractivity (Wildman–Crippen MR) is 146 cm³/mol. The lowest BCUT2D eigenvalue weighted by atomic mass is 10.2. The number of aryl methyl sites for hydroxylation is 1. The highest BCUT2D eigenvalue weighted by molar-refractivity contribution is 7.91. The summed E-state index contributed by atoms with van der Waals surface area (Å²) in [6.07, 6.45) is 6.16. The van der Waals surface area contributed by atoms with Crippen LogP contribution in [0.1, 0.15) is 33.4 Å². The zero-order valence-corrected chi connectivity index (χ0v) is 23.2. The Morgan fingerprint density at radius 2 is 1.68 bits per heavy atom.